The Morgan fingerprint density at radius 3 is 2.45 bits per heavy atom. The van der Waals surface area contributed by atoms with Crippen LogP contribution in [0.15, 0.2) is 82.6 Å². The van der Waals surface area contributed by atoms with Gasteiger partial charge in [-0.1, -0.05) is 30.3 Å². The molecule has 1 N–H and O–H groups in total. The average molecular weight is 483 g/mol. The van der Waals surface area contributed by atoms with Gasteiger partial charge in [-0.3, -0.25) is 9.10 Å². The van der Waals surface area contributed by atoms with E-state index in [0.717, 1.165) is 16.8 Å². The number of hydrogen-bond acceptors (Lipinski definition) is 5. The summed E-state index contributed by atoms with van der Waals surface area (Å²) in [5.74, 6) is 0.185. The van der Waals surface area contributed by atoms with Gasteiger partial charge in [0.05, 0.1) is 16.6 Å². The fraction of sp³-hybridized carbons (Fsp3) is 0.240. The molecule has 0 radical (unpaired) electrons. The standard InChI is InChI=1S/C25H26N2O4S2/c1-18(19-7-11-22(32-2)12-8-19)26-25(28)17-31-21-9-13-23(14-10-21)33(29,30)27-16-15-20-5-3-4-6-24(20)27/h3-14,18H,15-17H2,1-2H3,(H,26,28)/t18-/m1/s1. The lowest BCUT2D eigenvalue weighted by molar-refractivity contribution is -0.123. The summed E-state index contributed by atoms with van der Waals surface area (Å²) in [7, 11) is -3.65. The number of nitrogens with one attached hydrogen (secondary N) is 1. The van der Waals surface area contributed by atoms with Crippen LogP contribution in [0.3, 0.4) is 0 Å². The molecule has 0 bridgehead atoms. The zero-order valence-corrected chi connectivity index (χ0v) is 20.2. The fourth-order valence-corrected chi connectivity index (χ4v) is 5.71. The molecule has 33 heavy (non-hydrogen) atoms. The number of benzene rings is 3. The summed E-state index contributed by atoms with van der Waals surface area (Å²) in [6, 6.07) is 21.6. The Hall–Kier alpha value is -2.97. The van der Waals surface area contributed by atoms with Crippen molar-refractivity contribution in [1.82, 2.24) is 5.32 Å². The van der Waals surface area contributed by atoms with E-state index < -0.39 is 10.0 Å². The molecule has 1 amide bonds. The van der Waals surface area contributed by atoms with Crippen LogP contribution in [0.2, 0.25) is 0 Å². The van der Waals surface area contributed by atoms with Crippen LogP contribution in [0.5, 0.6) is 5.75 Å². The van der Waals surface area contributed by atoms with Crippen molar-refractivity contribution in [2.75, 3.05) is 23.7 Å². The van der Waals surface area contributed by atoms with Crippen LogP contribution < -0.4 is 14.4 Å². The Labute approximate surface area is 199 Å². The minimum absolute atomic E-state index is 0.145. The van der Waals surface area contributed by atoms with E-state index in [1.54, 1.807) is 23.9 Å². The van der Waals surface area contributed by atoms with E-state index in [1.165, 1.54) is 21.3 Å². The van der Waals surface area contributed by atoms with Crippen molar-refractivity contribution in [3.05, 3.63) is 83.9 Å². The highest BCUT2D eigenvalue weighted by atomic mass is 32.2. The molecular weight excluding hydrogens is 456 g/mol. The van der Waals surface area contributed by atoms with Gasteiger partial charge in [0.2, 0.25) is 0 Å². The van der Waals surface area contributed by atoms with Crippen molar-refractivity contribution >= 4 is 33.4 Å². The highest BCUT2D eigenvalue weighted by Gasteiger charge is 2.30. The largest absolute Gasteiger partial charge is 0.484 e. The van der Waals surface area contributed by atoms with E-state index in [9.17, 15) is 13.2 Å². The number of carbonyl (C=O) groups excluding carboxylic acids is 1. The lowest BCUT2D eigenvalue weighted by atomic mass is 10.1. The van der Waals surface area contributed by atoms with Gasteiger partial charge in [0.15, 0.2) is 6.61 Å². The number of amides is 1. The zero-order valence-electron chi connectivity index (χ0n) is 18.5. The molecule has 0 fully saturated rings. The number of rotatable bonds is 8. The van der Waals surface area contributed by atoms with Crippen LogP contribution in [0.25, 0.3) is 0 Å². The Balaban J connectivity index is 1.34. The first-order valence-corrected chi connectivity index (χ1v) is 13.3. The van der Waals surface area contributed by atoms with E-state index in [4.69, 9.17) is 4.74 Å². The first kappa shape index (κ1) is 23.2. The molecule has 1 aliphatic heterocycles. The third-order valence-corrected chi connectivity index (χ3v) is 8.19. The molecule has 8 heteroatoms. The van der Waals surface area contributed by atoms with E-state index in [-0.39, 0.29) is 23.5 Å². The summed E-state index contributed by atoms with van der Waals surface area (Å²) < 4.78 is 33.2. The molecule has 3 aromatic carbocycles. The topological polar surface area (TPSA) is 75.7 Å². The number of sulfonamides is 1. The van der Waals surface area contributed by atoms with Gasteiger partial charge in [-0.25, -0.2) is 8.42 Å². The van der Waals surface area contributed by atoms with Crippen LogP contribution >= 0.6 is 11.8 Å². The lowest BCUT2D eigenvalue weighted by Crippen LogP contribution is -2.31. The van der Waals surface area contributed by atoms with Crippen molar-refractivity contribution < 1.29 is 17.9 Å². The maximum Gasteiger partial charge on any atom is 0.264 e. The van der Waals surface area contributed by atoms with Crippen molar-refractivity contribution in [1.29, 1.82) is 0 Å². The molecule has 0 saturated carbocycles. The van der Waals surface area contributed by atoms with E-state index in [0.29, 0.717) is 18.7 Å². The minimum atomic E-state index is -3.65. The number of nitrogens with zero attached hydrogens (tertiary/aromatic N) is 1. The molecule has 6 nitrogen and oxygen atoms in total. The second-order valence-corrected chi connectivity index (χ2v) is 10.5. The SMILES string of the molecule is CSc1ccc([C@@H](C)NC(=O)COc2ccc(S(=O)(=O)N3CCc4ccccc43)cc2)cc1. The van der Waals surface area contributed by atoms with Crippen LogP contribution in [-0.2, 0) is 21.2 Å². The highest BCUT2D eigenvalue weighted by molar-refractivity contribution is 7.98. The van der Waals surface area contributed by atoms with Gasteiger partial charge in [0, 0.05) is 11.4 Å². The maximum absolute atomic E-state index is 13.1. The van der Waals surface area contributed by atoms with Gasteiger partial charge in [0.1, 0.15) is 5.75 Å². The van der Waals surface area contributed by atoms with Gasteiger partial charge in [-0.2, -0.15) is 0 Å². The number of ether oxygens (including phenoxy) is 1. The average Bonchev–Trinajstić information content (AvgIpc) is 3.28. The second-order valence-electron chi connectivity index (χ2n) is 7.78. The van der Waals surface area contributed by atoms with Crippen molar-refractivity contribution in [3.8, 4) is 5.75 Å². The van der Waals surface area contributed by atoms with Crippen LogP contribution in [0.1, 0.15) is 24.1 Å². The molecule has 4 rings (SSSR count). The van der Waals surface area contributed by atoms with Crippen molar-refractivity contribution in [3.63, 3.8) is 0 Å². The quantitative estimate of drug-likeness (QED) is 0.481. The third-order valence-electron chi connectivity index (χ3n) is 5.62. The van der Waals surface area contributed by atoms with Crippen molar-refractivity contribution in [2.24, 2.45) is 0 Å². The Kier molecular flexibility index (Phi) is 6.95. The first-order chi connectivity index (χ1) is 15.9. The molecule has 1 atom stereocenters. The van der Waals surface area contributed by atoms with Gasteiger partial charge >= 0.3 is 0 Å². The van der Waals surface area contributed by atoms with Crippen LogP contribution in [-0.4, -0.2) is 33.7 Å². The molecule has 0 spiro atoms. The maximum atomic E-state index is 13.1. The molecule has 3 aromatic rings. The second kappa shape index (κ2) is 9.89. The zero-order chi connectivity index (χ0) is 23.4. The molecular formula is C25H26N2O4S2. The van der Waals surface area contributed by atoms with Gasteiger partial charge in [-0.15, -0.1) is 11.8 Å². The predicted octanol–water partition coefficient (Wildman–Crippen LogP) is 4.42. The fourth-order valence-electron chi connectivity index (χ4n) is 3.80. The Morgan fingerprint density at radius 1 is 1.06 bits per heavy atom. The molecule has 1 heterocycles. The number of carbonyl (C=O) groups is 1. The van der Waals surface area contributed by atoms with Gasteiger partial charge < -0.3 is 10.1 Å². The molecule has 0 aromatic heterocycles. The summed E-state index contributed by atoms with van der Waals surface area (Å²) in [5, 5.41) is 2.91. The Bertz CT molecular complexity index is 1230. The molecule has 0 saturated heterocycles. The number of hydrogen-bond donors (Lipinski definition) is 1. The van der Waals surface area contributed by atoms with Crippen LogP contribution in [0, 0.1) is 0 Å². The first-order valence-electron chi connectivity index (χ1n) is 10.7. The number of anilines is 1. The molecule has 0 unspecified atom stereocenters. The van der Waals surface area contributed by atoms with Crippen LogP contribution in [0.4, 0.5) is 5.69 Å². The molecule has 1 aliphatic rings. The third kappa shape index (κ3) is 5.17. The molecule has 0 aliphatic carbocycles. The van der Waals surface area contributed by atoms with E-state index in [1.807, 2.05) is 61.7 Å². The number of fused-ring (bicyclic) bond motifs is 1. The summed E-state index contributed by atoms with van der Waals surface area (Å²) in [6.45, 7) is 2.19. The summed E-state index contributed by atoms with van der Waals surface area (Å²) >= 11 is 1.67. The monoisotopic (exact) mass is 482 g/mol. The molecule has 172 valence electrons. The lowest BCUT2D eigenvalue weighted by Gasteiger charge is -2.19. The Morgan fingerprint density at radius 2 is 1.76 bits per heavy atom. The van der Waals surface area contributed by atoms with Gasteiger partial charge in [0.25, 0.3) is 15.9 Å². The van der Waals surface area contributed by atoms with E-state index >= 15 is 0 Å². The predicted molar refractivity (Wildman–Crippen MR) is 131 cm³/mol. The normalized spacial score (nSPS) is 13.9. The minimum Gasteiger partial charge on any atom is -0.484 e. The van der Waals surface area contributed by atoms with E-state index in [2.05, 4.69) is 5.32 Å². The number of para-hydroxylation sites is 1. The summed E-state index contributed by atoms with van der Waals surface area (Å²) in [6.07, 6.45) is 2.72. The summed E-state index contributed by atoms with van der Waals surface area (Å²) in [5.41, 5.74) is 2.77. The van der Waals surface area contributed by atoms with Gasteiger partial charge in [-0.05, 0) is 73.2 Å². The number of thioether (sulfide) groups is 1. The van der Waals surface area contributed by atoms with Crippen molar-refractivity contribution in [2.45, 2.75) is 29.2 Å². The smallest absolute Gasteiger partial charge is 0.264 e. The highest BCUT2D eigenvalue weighted by Crippen LogP contribution is 2.33. The summed E-state index contributed by atoms with van der Waals surface area (Å²) in [4.78, 5) is 13.7.